The number of β-amino-alcohol motifs (C(OH)–C–C–N with tert-alkyl or cyclic N) is 1. The molecule has 2 aliphatic heterocycles. The topological polar surface area (TPSA) is 127 Å². The van der Waals surface area contributed by atoms with Gasteiger partial charge in [0.15, 0.2) is 0 Å². The first-order chi connectivity index (χ1) is 19.6. The average Bonchev–Trinajstić information content (AvgIpc) is 3.00. The number of nitrogens with one attached hydrogen (secondary N) is 1. The summed E-state index contributed by atoms with van der Waals surface area (Å²) in [6, 6.07) is 18.2. The number of piperazine rings is 1. The van der Waals surface area contributed by atoms with E-state index in [1.807, 2.05) is 54.9 Å². The lowest BCUT2D eigenvalue weighted by atomic mass is 10.0. The molecule has 2 aromatic carbocycles. The largest absolute Gasteiger partial charge is 0.390 e. The third-order valence-corrected chi connectivity index (χ3v) is 7.38. The van der Waals surface area contributed by atoms with E-state index in [0.29, 0.717) is 31.4 Å². The van der Waals surface area contributed by atoms with Crippen LogP contribution in [0.5, 0.6) is 0 Å². The van der Waals surface area contributed by atoms with Gasteiger partial charge in [-0.2, -0.15) is 4.98 Å². The van der Waals surface area contributed by atoms with Gasteiger partial charge in [-0.05, 0) is 41.8 Å². The van der Waals surface area contributed by atoms with Crippen molar-refractivity contribution in [2.75, 3.05) is 59.3 Å². The standard InChI is InChI=1S/C29H33N9O2/c39-25-10-11-38(19-26(25)40)24-8-6-23(7-9-24)34-27-32-20-33-29(35-27)37-14-12-36(13-15-37)28-30-17-22(18-31-28)16-21-4-2-1-3-5-21/h1-9,17-18,20,25-26,39-40H,10-16,19H2,(H,32,33,34,35). The van der Waals surface area contributed by atoms with E-state index in [9.17, 15) is 10.2 Å². The van der Waals surface area contributed by atoms with Gasteiger partial charge in [-0.15, -0.1) is 0 Å². The molecule has 0 spiro atoms. The molecular weight excluding hydrogens is 506 g/mol. The summed E-state index contributed by atoms with van der Waals surface area (Å²) >= 11 is 0. The Hall–Kier alpha value is -4.35. The molecule has 0 saturated carbocycles. The summed E-state index contributed by atoms with van der Waals surface area (Å²) in [5.41, 5.74) is 4.20. The lowest BCUT2D eigenvalue weighted by Crippen LogP contribution is -2.47. The van der Waals surface area contributed by atoms with Crippen LogP contribution in [0.25, 0.3) is 0 Å². The predicted octanol–water partition coefficient (Wildman–Crippen LogP) is 2.25. The molecule has 2 aliphatic rings. The van der Waals surface area contributed by atoms with E-state index in [2.05, 4.69) is 57.1 Å². The predicted molar refractivity (Wildman–Crippen MR) is 154 cm³/mol. The van der Waals surface area contributed by atoms with Crippen molar-refractivity contribution in [2.24, 2.45) is 0 Å². The Morgan fingerprint density at radius 1 is 0.700 bits per heavy atom. The van der Waals surface area contributed by atoms with Gasteiger partial charge in [0.05, 0.1) is 12.2 Å². The van der Waals surface area contributed by atoms with Crippen LogP contribution in [0, 0.1) is 0 Å². The maximum absolute atomic E-state index is 9.98. The Morgan fingerprint density at radius 2 is 1.40 bits per heavy atom. The summed E-state index contributed by atoms with van der Waals surface area (Å²) in [5.74, 6) is 1.86. The molecule has 206 valence electrons. The van der Waals surface area contributed by atoms with Gasteiger partial charge < -0.3 is 30.2 Å². The monoisotopic (exact) mass is 539 g/mol. The molecule has 4 heterocycles. The fraction of sp³-hybridized carbons (Fsp3) is 0.345. The van der Waals surface area contributed by atoms with Crippen LogP contribution in [0.4, 0.5) is 29.2 Å². The van der Waals surface area contributed by atoms with Crippen LogP contribution in [0.3, 0.4) is 0 Å². The molecule has 11 nitrogen and oxygen atoms in total. The van der Waals surface area contributed by atoms with Crippen molar-refractivity contribution < 1.29 is 10.2 Å². The number of hydrogen-bond donors (Lipinski definition) is 3. The van der Waals surface area contributed by atoms with Gasteiger partial charge in [0.25, 0.3) is 0 Å². The number of aromatic nitrogens is 5. The van der Waals surface area contributed by atoms with Crippen molar-refractivity contribution in [1.29, 1.82) is 0 Å². The summed E-state index contributed by atoms with van der Waals surface area (Å²) in [6.07, 6.45) is 5.36. The van der Waals surface area contributed by atoms with E-state index in [0.717, 1.165) is 55.5 Å². The molecular formula is C29H33N9O2. The summed E-state index contributed by atoms with van der Waals surface area (Å²) in [4.78, 5) is 29.0. The molecule has 4 aromatic rings. The number of rotatable bonds is 7. The van der Waals surface area contributed by atoms with Gasteiger partial charge in [0.2, 0.25) is 17.8 Å². The smallest absolute Gasteiger partial charge is 0.231 e. The van der Waals surface area contributed by atoms with Crippen LogP contribution < -0.4 is 20.0 Å². The van der Waals surface area contributed by atoms with Crippen LogP contribution in [-0.2, 0) is 6.42 Å². The Morgan fingerprint density at radius 3 is 2.10 bits per heavy atom. The van der Waals surface area contributed by atoms with Crippen molar-refractivity contribution in [1.82, 2.24) is 24.9 Å². The van der Waals surface area contributed by atoms with E-state index in [4.69, 9.17) is 0 Å². The SMILES string of the molecule is OC1CCN(c2ccc(Nc3ncnc(N4CCN(c5ncc(Cc6ccccc6)cn5)CC4)n3)cc2)CC1O. The summed E-state index contributed by atoms with van der Waals surface area (Å²) < 4.78 is 0. The maximum atomic E-state index is 9.98. The first kappa shape index (κ1) is 25.9. The number of anilines is 5. The second kappa shape index (κ2) is 11.8. The molecule has 11 heteroatoms. The average molecular weight is 540 g/mol. The van der Waals surface area contributed by atoms with Crippen molar-refractivity contribution in [3.63, 3.8) is 0 Å². The van der Waals surface area contributed by atoms with Crippen LogP contribution in [0.2, 0.25) is 0 Å². The number of hydrogen-bond acceptors (Lipinski definition) is 11. The van der Waals surface area contributed by atoms with E-state index in [-0.39, 0.29) is 0 Å². The van der Waals surface area contributed by atoms with Crippen LogP contribution in [0.15, 0.2) is 73.3 Å². The van der Waals surface area contributed by atoms with Crippen LogP contribution in [-0.4, -0.2) is 86.6 Å². The van der Waals surface area contributed by atoms with Crippen molar-refractivity contribution >= 4 is 29.2 Å². The van der Waals surface area contributed by atoms with Crippen LogP contribution >= 0.6 is 0 Å². The molecule has 0 bridgehead atoms. The maximum Gasteiger partial charge on any atom is 0.231 e. The highest BCUT2D eigenvalue weighted by atomic mass is 16.3. The number of aliphatic hydroxyl groups excluding tert-OH is 2. The number of piperidine rings is 1. The highest BCUT2D eigenvalue weighted by molar-refractivity contribution is 5.60. The first-order valence-corrected chi connectivity index (χ1v) is 13.6. The highest BCUT2D eigenvalue weighted by Gasteiger charge is 2.26. The lowest BCUT2D eigenvalue weighted by Gasteiger charge is -2.35. The third kappa shape index (κ3) is 6.11. The fourth-order valence-corrected chi connectivity index (χ4v) is 5.08. The van der Waals surface area contributed by atoms with E-state index >= 15 is 0 Å². The molecule has 2 saturated heterocycles. The van der Waals surface area contributed by atoms with Gasteiger partial charge >= 0.3 is 0 Å². The zero-order valence-electron chi connectivity index (χ0n) is 22.2. The van der Waals surface area contributed by atoms with E-state index < -0.39 is 12.2 Å². The molecule has 2 fully saturated rings. The molecule has 0 amide bonds. The number of aliphatic hydroxyl groups is 2. The minimum absolute atomic E-state index is 0.420. The Kier molecular flexibility index (Phi) is 7.64. The molecule has 3 N–H and O–H groups in total. The Labute approximate surface area is 233 Å². The second-order valence-corrected chi connectivity index (χ2v) is 10.2. The van der Waals surface area contributed by atoms with E-state index in [1.54, 1.807) is 0 Å². The summed E-state index contributed by atoms with van der Waals surface area (Å²) in [7, 11) is 0. The Bertz CT molecular complexity index is 1380. The zero-order valence-corrected chi connectivity index (χ0v) is 22.2. The summed E-state index contributed by atoms with van der Waals surface area (Å²) in [5, 5.41) is 23.0. The first-order valence-electron chi connectivity index (χ1n) is 13.6. The van der Waals surface area contributed by atoms with Gasteiger partial charge in [-0.1, -0.05) is 30.3 Å². The molecule has 6 rings (SSSR count). The highest BCUT2D eigenvalue weighted by Crippen LogP contribution is 2.24. The van der Waals surface area contributed by atoms with Gasteiger partial charge in [0.1, 0.15) is 6.33 Å². The van der Waals surface area contributed by atoms with Crippen molar-refractivity contribution in [3.05, 3.63) is 84.4 Å². The molecule has 2 unspecified atom stereocenters. The van der Waals surface area contributed by atoms with Gasteiger partial charge in [-0.25, -0.2) is 19.9 Å². The quantitative estimate of drug-likeness (QED) is 0.320. The van der Waals surface area contributed by atoms with Gasteiger partial charge in [-0.3, -0.25) is 0 Å². The molecule has 0 radical (unpaired) electrons. The van der Waals surface area contributed by atoms with E-state index in [1.165, 1.54) is 11.9 Å². The Balaban J connectivity index is 1.03. The van der Waals surface area contributed by atoms with Crippen LogP contribution in [0.1, 0.15) is 17.5 Å². The zero-order chi connectivity index (χ0) is 27.3. The summed E-state index contributed by atoms with van der Waals surface area (Å²) in [6.45, 7) is 4.18. The number of benzene rings is 2. The number of nitrogens with zero attached hydrogens (tertiary/aromatic N) is 8. The lowest BCUT2D eigenvalue weighted by molar-refractivity contribution is 0.00802. The minimum Gasteiger partial charge on any atom is -0.390 e. The fourth-order valence-electron chi connectivity index (χ4n) is 5.08. The second-order valence-electron chi connectivity index (χ2n) is 10.2. The normalized spacial score (nSPS) is 19.5. The van der Waals surface area contributed by atoms with Crippen molar-refractivity contribution in [2.45, 2.75) is 25.0 Å². The molecule has 2 aromatic heterocycles. The molecule has 0 aliphatic carbocycles. The third-order valence-electron chi connectivity index (χ3n) is 7.38. The van der Waals surface area contributed by atoms with Gasteiger partial charge in [0, 0.05) is 69.5 Å². The molecule has 40 heavy (non-hydrogen) atoms. The molecule has 2 atom stereocenters. The van der Waals surface area contributed by atoms with Crippen molar-refractivity contribution in [3.8, 4) is 0 Å². The minimum atomic E-state index is -0.727.